The summed E-state index contributed by atoms with van der Waals surface area (Å²) in [6, 6.07) is 8.94. The molecule has 0 aliphatic heterocycles. The van der Waals surface area contributed by atoms with Crippen molar-refractivity contribution in [1.82, 2.24) is 0 Å². The van der Waals surface area contributed by atoms with E-state index in [-0.39, 0.29) is 6.10 Å². The number of amides is 1. The third-order valence-electron chi connectivity index (χ3n) is 3.47. The molecule has 1 aliphatic carbocycles. The molecule has 1 aliphatic rings. The molecule has 0 unspecified atom stereocenters. The number of ether oxygens (including phenoxy) is 2. The van der Waals surface area contributed by atoms with Crippen molar-refractivity contribution in [2.24, 2.45) is 0 Å². The normalized spacial score (nSPS) is 16.8. The SMILES string of the molecule is C[C@H](OC(=O)Nc1ccccc1)C(=O)OC1CCCCC1. The van der Waals surface area contributed by atoms with Crippen molar-refractivity contribution in [3.63, 3.8) is 0 Å². The van der Waals surface area contributed by atoms with Gasteiger partial charge in [0.1, 0.15) is 6.10 Å². The van der Waals surface area contributed by atoms with Crippen LogP contribution in [0.3, 0.4) is 0 Å². The molecular weight excluding hydrogens is 270 g/mol. The first-order valence-corrected chi connectivity index (χ1v) is 7.38. The highest BCUT2D eigenvalue weighted by Crippen LogP contribution is 2.21. The van der Waals surface area contributed by atoms with E-state index >= 15 is 0 Å². The van der Waals surface area contributed by atoms with Crippen molar-refractivity contribution in [3.05, 3.63) is 30.3 Å². The lowest BCUT2D eigenvalue weighted by Gasteiger charge is -2.23. The molecule has 0 heterocycles. The summed E-state index contributed by atoms with van der Waals surface area (Å²) in [6.45, 7) is 1.52. The zero-order valence-corrected chi connectivity index (χ0v) is 12.2. The Labute approximate surface area is 124 Å². The number of benzene rings is 1. The Morgan fingerprint density at radius 2 is 1.81 bits per heavy atom. The van der Waals surface area contributed by atoms with Gasteiger partial charge in [0.2, 0.25) is 0 Å². The van der Waals surface area contributed by atoms with Gasteiger partial charge in [-0.15, -0.1) is 0 Å². The molecule has 1 fully saturated rings. The van der Waals surface area contributed by atoms with E-state index in [9.17, 15) is 9.59 Å². The van der Waals surface area contributed by atoms with Crippen LogP contribution >= 0.6 is 0 Å². The Bertz CT molecular complexity index is 468. The van der Waals surface area contributed by atoms with Crippen LogP contribution in [0.25, 0.3) is 0 Å². The summed E-state index contributed by atoms with van der Waals surface area (Å²) in [7, 11) is 0. The minimum atomic E-state index is -0.907. The molecule has 0 radical (unpaired) electrons. The topological polar surface area (TPSA) is 64.6 Å². The predicted molar refractivity (Wildman–Crippen MR) is 79.0 cm³/mol. The lowest BCUT2D eigenvalue weighted by atomic mass is 9.98. The van der Waals surface area contributed by atoms with Crippen LogP contribution in [0, 0.1) is 0 Å². The second kappa shape index (κ2) is 7.67. The van der Waals surface area contributed by atoms with E-state index in [2.05, 4.69) is 5.32 Å². The number of hydrogen-bond acceptors (Lipinski definition) is 4. The highest BCUT2D eigenvalue weighted by molar-refractivity contribution is 5.87. The zero-order chi connectivity index (χ0) is 15.1. The number of hydrogen-bond donors (Lipinski definition) is 1. The Morgan fingerprint density at radius 3 is 2.48 bits per heavy atom. The summed E-state index contributed by atoms with van der Waals surface area (Å²) >= 11 is 0. The van der Waals surface area contributed by atoms with Gasteiger partial charge >= 0.3 is 12.1 Å². The monoisotopic (exact) mass is 291 g/mol. The molecule has 1 N–H and O–H groups in total. The number of carbonyl (C=O) groups excluding carboxylic acids is 2. The molecule has 2 rings (SSSR count). The Morgan fingerprint density at radius 1 is 1.14 bits per heavy atom. The molecule has 1 amide bonds. The number of esters is 1. The van der Waals surface area contributed by atoms with Crippen molar-refractivity contribution in [2.45, 2.75) is 51.2 Å². The number of carbonyl (C=O) groups is 2. The maximum Gasteiger partial charge on any atom is 0.412 e. The van der Waals surface area contributed by atoms with Crippen molar-refractivity contribution in [3.8, 4) is 0 Å². The van der Waals surface area contributed by atoms with E-state index in [4.69, 9.17) is 9.47 Å². The van der Waals surface area contributed by atoms with Crippen LogP contribution < -0.4 is 5.32 Å². The number of para-hydroxylation sites is 1. The van der Waals surface area contributed by atoms with Crippen LogP contribution in [0.1, 0.15) is 39.0 Å². The van der Waals surface area contributed by atoms with E-state index in [0.717, 1.165) is 25.7 Å². The second-order valence-electron chi connectivity index (χ2n) is 5.24. The van der Waals surface area contributed by atoms with Crippen molar-refractivity contribution in [2.75, 3.05) is 5.32 Å². The van der Waals surface area contributed by atoms with Gasteiger partial charge in [0.15, 0.2) is 6.10 Å². The lowest BCUT2D eigenvalue weighted by molar-refractivity contribution is -0.159. The number of anilines is 1. The van der Waals surface area contributed by atoms with Crippen LogP contribution in [0.15, 0.2) is 30.3 Å². The average Bonchev–Trinajstić information content (AvgIpc) is 2.49. The maximum absolute atomic E-state index is 11.9. The Kier molecular flexibility index (Phi) is 5.60. The lowest BCUT2D eigenvalue weighted by Crippen LogP contribution is -2.32. The molecule has 5 heteroatoms. The van der Waals surface area contributed by atoms with Crippen LogP contribution in [-0.2, 0) is 14.3 Å². The molecule has 1 saturated carbocycles. The van der Waals surface area contributed by atoms with E-state index in [1.807, 2.05) is 6.07 Å². The van der Waals surface area contributed by atoms with Crippen molar-refractivity contribution < 1.29 is 19.1 Å². The first kappa shape index (κ1) is 15.4. The molecular formula is C16H21NO4. The van der Waals surface area contributed by atoms with Crippen molar-refractivity contribution in [1.29, 1.82) is 0 Å². The van der Waals surface area contributed by atoms with Crippen molar-refractivity contribution >= 4 is 17.7 Å². The molecule has 0 aromatic heterocycles. The Balaban J connectivity index is 1.75. The fraction of sp³-hybridized carbons (Fsp3) is 0.500. The number of nitrogens with one attached hydrogen (secondary N) is 1. The van der Waals surface area contributed by atoms with Gasteiger partial charge in [-0.3, -0.25) is 5.32 Å². The van der Waals surface area contributed by atoms with Gasteiger partial charge in [-0.25, -0.2) is 9.59 Å². The molecule has 0 bridgehead atoms. The summed E-state index contributed by atoms with van der Waals surface area (Å²) in [6.07, 6.45) is 3.56. The molecule has 1 aromatic carbocycles. The van der Waals surface area contributed by atoms with Crippen LogP contribution in [0.5, 0.6) is 0 Å². The molecule has 1 aromatic rings. The minimum Gasteiger partial charge on any atom is -0.460 e. The summed E-state index contributed by atoms with van der Waals surface area (Å²) < 4.78 is 10.4. The van der Waals surface area contributed by atoms with E-state index in [0.29, 0.717) is 5.69 Å². The average molecular weight is 291 g/mol. The largest absolute Gasteiger partial charge is 0.460 e. The summed E-state index contributed by atoms with van der Waals surface area (Å²) in [4.78, 5) is 23.6. The van der Waals surface area contributed by atoms with Crippen LogP contribution in [0.2, 0.25) is 0 Å². The van der Waals surface area contributed by atoms with Gasteiger partial charge in [0.25, 0.3) is 0 Å². The highest BCUT2D eigenvalue weighted by atomic mass is 16.6. The number of rotatable bonds is 4. The third-order valence-corrected chi connectivity index (χ3v) is 3.47. The van der Waals surface area contributed by atoms with Gasteiger partial charge in [0, 0.05) is 5.69 Å². The van der Waals surface area contributed by atoms with E-state index in [1.54, 1.807) is 24.3 Å². The van der Waals surface area contributed by atoms with E-state index < -0.39 is 18.2 Å². The van der Waals surface area contributed by atoms with Gasteiger partial charge in [-0.1, -0.05) is 24.6 Å². The molecule has 5 nitrogen and oxygen atoms in total. The first-order valence-electron chi connectivity index (χ1n) is 7.38. The molecule has 0 spiro atoms. The summed E-state index contributed by atoms with van der Waals surface area (Å²) in [5.74, 6) is -0.481. The summed E-state index contributed by atoms with van der Waals surface area (Å²) in [5.41, 5.74) is 0.621. The van der Waals surface area contributed by atoms with E-state index in [1.165, 1.54) is 13.3 Å². The molecule has 114 valence electrons. The highest BCUT2D eigenvalue weighted by Gasteiger charge is 2.24. The van der Waals surface area contributed by atoms with Gasteiger partial charge in [0.05, 0.1) is 0 Å². The minimum absolute atomic E-state index is 0.0329. The zero-order valence-electron chi connectivity index (χ0n) is 12.2. The predicted octanol–water partition coefficient (Wildman–Crippen LogP) is 3.50. The van der Waals surface area contributed by atoms with Gasteiger partial charge in [-0.2, -0.15) is 0 Å². The standard InChI is InChI=1S/C16H21NO4/c1-12(15(18)21-14-10-6-3-7-11-14)20-16(19)17-13-8-4-2-5-9-13/h2,4-5,8-9,12,14H,3,6-7,10-11H2,1H3,(H,17,19)/t12-/m0/s1. The molecule has 21 heavy (non-hydrogen) atoms. The smallest absolute Gasteiger partial charge is 0.412 e. The quantitative estimate of drug-likeness (QED) is 0.862. The Hall–Kier alpha value is -2.04. The van der Waals surface area contributed by atoms with Crippen LogP contribution in [0.4, 0.5) is 10.5 Å². The first-order chi connectivity index (χ1) is 10.1. The molecule has 1 atom stereocenters. The summed E-state index contributed by atoms with van der Waals surface area (Å²) in [5, 5.41) is 2.56. The second-order valence-corrected chi connectivity index (χ2v) is 5.24. The maximum atomic E-state index is 11.9. The molecule has 0 saturated heterocycles. The van der Waals surface area contributed by atoms with Crippen LogP contribution in [-0.4, -0.2) is 24.3 Å². The fourth-order valence-electron chi connectivity index (χ4n) is 2.32. The van der Waals surface area contributed by atoms with Gasteiger partial charge < -0.3 is 9.47 Å². The fourth-order valence-corrected chi connectivity index (χ4v) is 2.32. The third kappa shape index (κ3) is 5.10. The van der Waals surface area contributed by atoms with Gasteiger partial charge in [-0.05, 0) is 44.7 Å².